The van der Waals surface area contributed by atoms with Crippen LogP contribution in [0.4, 0.5) is 16.4 Å². The molecule has 2 aliphatic rings. The number of aromatic nitrogens is 2. The molecule has 1 fully saturated rings. The number of carbonyl (C=O) groups excluding carboxylic acids is 1. The van der Waals surface area contributed by atoms with Crippen molar-refractivity contribution in [3.05, 3.63) is 58.6 Å². The number of ether oxygens (including phenoxy) is 3. The van der Waals surface area contributed by atoms with Gasteiger partial charge in [0.2, 0.25) is 5.95 Å². The molecule has 9 heteroatoms. The van der Waals surface area contributed by atoms with Gasteiger partial charge >= 0.3 is 6.09 Å². The third-order valence-corrected chi connectivity index (χ3v) is 8.85. The fraction of sp³-hybridized carbons (Fsp3) is 0.441. The van der Waals surface area contributed by atoms with Crippen molar-refractivity contribution in [2.75, 3.05) is 25.0 Å². The van der Waals surface area contributed by atoms with Gasteiger partial charge in [0, 0.05) is 35.5 Å². The van der Waals surface area contributed by atoms with E-state index in [1.807, 2.05) is 45.7 Å². The van der Waals surface area contributed by atoms with Crippen molar-refractivity contribution in [1.82, 2.24) is 14.9 Å². The molecule has 4 heterocycles. The SMILES string of the molecule is Cc1sc2cnc(Nc3ccc(C4CCN(C(=O)OC(C)(C)C)CC4)cc3OC(C)C)nc2c1-c1cccc2c1OCC2. The summed E-state index contributed by atoms with van der Waals surface area (Å²) in [6, 6.07) is 12.7. The zero-order chi connectivity index (χ0) is 30.3. The molecule has 8 nitrogen and oxygen atoms in total. The number of hydrogen-bond acceptors (Lipinski definition) is 8. The first-order valence-electron chi connectivity index (χ1n) is 15.1. The van der Waals surface area contributed by atoms with Crippen molar-refractivity contribution in [3.63, 3.8) is 0 Å². The van der Waals surface area contributed by atoms with Crippen LogP contribution in [0.2, 0.25) is 0 Å². The number of benzene rings is 2. The Morgan fingerprint density at radius 2 is 1.95 bits per heavy atom. The van der Waals surface area contributed by atoms with E-state index in [1.54, 1.807) is 11.3 Å². The van der Waals surface area contributed by atoms with Crippen molar-refractivity contribution in [3.8, 4) is 22.6 Å². The third kappa shape index (κ3) is 6.27. The summed E-state index contributed by atoms with van der Waals surface area (Å²) in [6.07, 6.45) is 4.34. The summed E-state index contributed by atoms with van der Waals surface area (Å²) in [6.45, 7) is 13.9. The first-order valence-corrected chi connectivity index (χ1v) is 15.9. The zero-order valence-corrected chi connectivity index (χ0v) is 26.6. The summed E-state index contributed by atoms with van der Waals surface area (Å²) in [5.41, 5.74) is 5.90. The molecule has 2 aromatic carbocycles. The summed E-state index contributed by atoms with van der Waals surface area (Å²) < 4.78 is 18.9. The molecule has 0 saturated carbocycles. The smallest absolute Gasteiger partial charge is 0.410 e. The van der Waals surface area contributed by atoms with Crippen LogP contribution in [0.3, 0.4) is 0 Å². The van der Waals surface area contributed by atoms with Crippen molar-refractivity contribution >= 4 is 39.3 Å². The largest absolute Gasteiger partial charge is 0.492 e. The number of likely N-dealkylation sites (tertiary alicyclic amines) is 1. The quantitative estimate of drug-likeness (QED) is 0.238. The minimum atomic E-state index is -0.492. The van der Waals surface area contributed by atoms with Gasteiger partial charge in [0.1, 0.15) is 17.1 Å². The van der Waals surface area contributed by atoms with Gasteiger partial charge in [-0.3, -0.25) is 0 Å². The van der Waals surface area contributed by atoms with Crippen LogP contribution < -0.4 is 14.8 Å². The molecule has 0 radical (unpaired) electrons. The van der Waals surface area contributed by atoms with Gasteiger partial charge in [0.05, 0.1) is 34.8 Å². The minimum Gasteiger partial charge on any atom is -0.492 e. The van der Waals surface area contributed by atoms with Crippen LogP contribution in [0.25, 0.3) is 21.3 Å². The Morgan fingerprint density at radius 3 is 2.70 bits per heavy atom. The number of anilines is 2. The predicted molar refractivity (Wildman–Crippen MR) is 172 cm³/mol. The van der Waals surface area contributed by atoms with Gasteiger partial charge in [0.25, 0.3) is 0 Å². The zero-order valence-electron chi connectivity index (χ0n) is 25.8. The number of rotatable bonds is 6. The van der Waals surface area contributed by atoms with E-state index in [1.165, 1.54) is 16.0 Å². The van der Waals surface area contributed by atoms with Crippen LogP contribution in [-0.2, 0) is 11.2 Å². The number of hydrogen-bond donors (Lipinski definition) is 1. The summed E-state index contributed by atoms with van der Waals surface area (Å²) in [7, 11) is 0. The number of nitrogens with zero attached hydrogens (tertiary/aromatic N) is 3. The normalized spacial score (nSPS) is 15.5. The van der Waals surface area contributed by atoms with Gasteiger partial charge in [-0.05, 0) is 83.6 Å². The molecule has 1 N–H and O–H groups in total. The Kier molecular flexibility index (Phi) is 7.94. The van der Waals surface area contributed by atoms with E-state index in [0.717, 1.165) is 57.8 Å². The lowest BCUT2D eigenvalue weighted by Crippen LogP contribution is -2.41. The second kappa shape index (κ2) is 11.7. The first kappa shape index (κ1) is 29.2. The Bertz CT molecular complexity index is 1650. The second-order valence-corrected chi connectivity index (χ2v) is 13.9. The van der Waals surface area contributed by atoms with Crippen LogP contribution >= 0.6 is 11.3 Å². The molecule has 0 spiro atoms. The van der Waals surface area contributed by atoms with Crippen molar-refractivity contribution in [2.24, 2.45) is 0 Å². The average molecular weight is 601 g/mol. The van der Waals surface area contributed by atoms with Crippen LogP contribution in [0, 0.1) is 6.92 Å². The maximum absolute atomic E-state index is 12.5. The summed E-state index contributed by atoms with van der Waals surface area (Å²) in [4.78, 5) is 25.2. The molecule has 4 aromatic rings. The average Bonchev–Trinajstić information content (AvgIpc) is 3.56. The molecule has 6 rings (SSSR count). The lowest BCUT2D eigenvalue weighted by Gasteiger charge is -2.33. The van der Waals surface area contributed by atoms with E-state index in [2.05, 4.69) is 53.6 Å². The van der Waals surface area contributed by atoms with Gasteiger partial charge < -0.3 is 24.4 Å². The number of piperidine rings is 1. The lowest BCUT2D eigenvalue weighted by molar-refractivity contribution is 0.0204. The van der Waals surface area contributed by atoms with Gasteiger partial charge in [-0.25, -0.2) is 14.8 Å². The predicted octanol–water partition coefficient (Wildman–Crippen LogP) is 8.25. The standard InChI is InChI=1S/C34H40N4O4S/c1-20(2)41-27-18-24(22-12-15-38(16-13-22)33(39)42-34(4,5)6)10-11-26(27)36-32-35-19-28-30(37-32)29(21(3)43-28)25-9-7-8-23-14-17-40-31(23)25/h7-11,18-20,22H,12-17H2,1-6H3,(H,35,36,37). The highest BCUT2D eigenvalue weighted by atomic mass is 32.1. The molecule has 0 atom stereocenters. The van der Waals surface area contributed by atoms with Crippen molar-refractivity contribution in [1.29, 1.82) is 0 Å². The maximum atomic E-state index is 12.5. The summed E-state index contributed by atoms with van der Waals surface area (Å²) in [5.74, 6) is 2.59. The van der Waals surface area contributed by atoms with E-state index in [9.17, 15) is 4.79 Å². The molecule has 1 saturated heterocycles. The fourth-order valence-corrected chi connectivity index (χ4v) is 6.88. The highest BCUT2D eigenvalue weighted by Crippen LogP contribution is 2.44. The molecule has 1 amide bonds. The van der Waals surface area contributed by atoms with Crippen molar-refractivity contribution in [2.45, 2.75) is 78.4 Å². The molecule has 0 aliphatic carbocycles. The monoisotopic (exact) mass is 600 g/mol. The van der Waals surface area contributed by atoms with E-state index < -0.39 is 5.60 Å². The van der Waals surface area contributed by atoms with E-state index >= 15 is 0 Å². The molecule has 2 aromatic heterocycles. The Hall–Kier alpha value is -3.85. The van der Waals surface area contributed by atoms with Crippen LogP contribution in [0.1, 0.15) is 69.4 Å². The Labute approximate surface area is 257 Å². The molecular weight excluding hydrogens is 560 g/mol. The topological polar surface area (TPSA) is 85.8 Å². The number of thiophene rings is 1. The number of aryl methyl sites for hydroxylation is 1. The van der Waals surface area contributed by atoms with Crippen LogP contribution in [0.15, 0.2) is 42.6 Å². The van der Waals surface area contributed by atoms with Crippen LogP contribution in [-0.4, -0.2) is 52.4 Å². The number of fused-ring (bicyclic) bond motifs is 2. The number of carbonyl (C=O) groups is 1. The molecule has 0 unspecified atom stereocenters. The Balaban J connectivity index is 1.25. The molecule has 43 heavy (non-hydrogen) atoms. The molecule has 2 aliphatic heterocycles. The first-order chi connectivity index (χ1) is 20.6. The molecule has 0 bridgehead atoms. The highest BCUT2D eigenvalue weighted by molar-refractivity contribution is 7.19. The maximum Gasteiger partial charge on any atom is 0.410 e. The summed E-state index contributed by atoms with van der Waals surface area (Å²) in [5, 5.41) is 3.44. The number of nitrogens with one attached hydrogen (secondary N) is 1. The van der Waals surface area contributed by atoms with Gasteiger partial charge in [-0.1, -0.05) is 24.3 Å². The number of para-hydroxylation sites is 1. The van der Waals surface area contributed by atoms with Gasteiger partial charge in [-0.2, -0.15) is 0 Å². The molecular formula is C34H40N4O4S. The minimum absolute atomic E-state index is 0.000448. The molecule has 226 valence electrons. The fourth-order valence-electron chi connectivity index (χ4n) is 5.89. The summed E-state index contributed by atoms with van der Waals surface area (Å²) >= 11 is 1.70. The Morgan fingerprint density at radius 1 is 1.16 bits per heavy atom. The number of amides is 1. The van der Waals surface area contributed by atoms with Gasteiger partial charge in [0.15, 0.2) is 0 Å². The van der Waals surface area contributed by atoms with E-state index in [0.29, 0.717) is 31.6 Å². The van der Waals surface area contributed by atoms with Crippen molar-refractivity contribution < 1.29 is 19.0 Å². The van der Waals surface area contributed by atoms with Gasteiger partial charge in [-0.15, -0.1) is 11.3 Å². The lowest BCUT2D eigenvalue weighted by atomic mass is 9.89. The van der Waals surface area contributed by atoms with E-state index in [-0.39, 0.29) is 12.2 Å². The van der Waals surface area contributed by atoms with Crippen LogP contribution in [0.5, 0.6) is 11.5 Å². The highest BCUT2D eigenvalue weighted by Gasteiger charge is 2.28. The second-order valence-electron chi connectivity index (χ2n) is 12.6. The van der Waals surface area contributed by atoms with E-state index in [4.69, 9.17) is 19.2 Å². The third-order valence-electron chi connectivity index (χ3n) is 7.82.